The maximum Gasteiger partial charge on any atom is 0.117 e. The maximum absolute atomic E-state index is 5.80. The van der Waals surface area contributed by atoms with Gasteiger partial charge in [0.15, 0.2) is 0 Å². The second kappa shape index (κ2) is 6.92. The predicted molar refractivity (Wildman–Crippen MR) is 69.6 cm³/mol. The Morgan fingerprint density at radius 1 is 1.33 bits per heavy atom. The summed E-state index contributed by atoms with van der Waals surface area (Å²) < 4.78 is 16.1. The summed E-state index contributed by atoms with van der Waals surface area (Å²) in [6, 6.07) is 4.18. The number of methoxy groups -OCH3 is 1. The first-order valence-electron chi connectivity index (χ1n) is 6.67. The number of ether oxygens (including phenoxy) is 2. The zero-order chi connectivity index (χ0) is 12.8. The number of furan rings is 1. The molecule has 1 aromatic heterocycles. The van der Waals surface area contributed by atoms with Crippen LogP contribution in [-0.2, 0) is 16.0 Å². The predicted octanol–water partition coefficient (Wildman–Crippen LogP) is 2.16. The van der Waals surface area contributed by atoms with Crippen LogP contribution >= 0.6 is 0 Å². The molecule has 1 heterocycles. The molecule has 4 heteroatoms. The zero-order valence-electron chi connectivity index (χ0n) is 11.3. The van der Waals surface area contributed by atoms with Crippen LogP contribution in [0.15, 0.2) is 16.5 Å². The molecule has 4 nitrogen and oxygen atoms in total. The molecular formula is C14H23NO3. The van der Waals surface area contributed by atoms with Crippen LogP contribution in [0, 0.1) is 5.92 Å². The molecule has 1 fully saturated rings. The highest BCUT2D eigenvalue weighted by atomic mass is 16.5. The van der Waals surface area contributed by atoms with Crippen LogP contribution in [-0.4, -0.2) is 33.5 Å². The molecule has 1 N–H and O–H groups in total. The molecule has 0 spiro atoms. The van der Waals surface area contributed by atoms with E-state index in [9.17, 15) is 0 Å². The van der Waals surface area contributed by atoms with E-state index >= 15 is 0 Å². The SMILES string of the molecule is COCCOCCNCc1ccc(C2CC2C)o1. The minimum Gasteiger partial charge on any atom is -0.464 e. The molecule has 2 atom stereocenters. The van der Waals surface area contributed by atoms with Gasteiger partial charge in [0.2, 0.25) is 0 Å². The minimum atomic E-state index is 0.654. The molecule has 102 valence electrons. The lowest BCUT2D eigenvalue weighted by Gasteiger charge is -2.04. The van der Waals surface area contributed by atoms with Gasteiger partial charge in [0.05, 0.1) is 26.4 Å². The largest absolute Gasteiger partial charge is 0.464 e. The fourth-order valence-corrected chi connectivity index (χ4v) is 2.01. The van der Waals surface area contributed by atoms with E-state index in [0.29, 0.717) is 25.7 Å². The number of rotatable bonds is 9. The van der Waals surface area contributed by atoms with Crippen LogP contribution in [0.25, 0.3) is 0 Å². The highest BCUT2D eigenvalue weighted by Crippen LogP contribution is 2.47. The first kappa shape index (κ1) is 13.6. The van der Waals surface area contributed by atoms with Gasteiger partial charge in [0, 0.05) is 19.6 Å². The van der Waals surface area contributed by atoms with E-state index in [4.69, 9.17) is 13.9 Å². The quantitative estimate of drug-likeness (QED) is 0.685. The molecule has 1 aliphatic rings. The molecule has 1 aliphatic carbocycles. The molecule has 0 radical (unpaired) electrons. The fourth-order valence-electron chi connectivity index (χ4n) is 2.01. The molecule has 0 amide bonds. The van der Waals surface area contributed by atoms with Gasteiger partial charge >= 0.3 is 0 Å². The number of nitrogens with one attached hydrogen (secondary N) is 1. The van der Waals surface area contributed by atoms with Crippen molar-refractivity contribution in [3.63, 3.8) is 0 Å². The van der Waals surface area contributed by atoms with Gasteiger partial charge in [0.25, 0.3) is 0 Å². The van der Waals surface area contributed by atoms with Crippen LogP contribution in [0.4, 0.5) is 0 Å². The summed E-state index contributed by atoms with van der Waals surface area (Å²) in [5, 5.41) is 3.30. The van der Waals surface area contributed by atoms with Gasteiger partial charge < -0.3 is 19.2 Å². The monoisotopic (exact) mass is 253 g/mol. The maximum atomic E-state index is 5.80. The van der Waals surface area contributed by atoms with Crippen molar-refractivity contribution >= 4 is 0 Å². The van der Waals surface area contributed by atoms with E-state index in [1.54, 1.807) is 7.11 Å². The Morgan fingerprint density at radius 2 is 2.17 bits per heavy atom. The van der Waals surface area contributed by atoms with Crippen LogP contribution in [0.1, 0.15) is 30.8 Å². The minimum absolute atomic E-state index is 0.654. The molecule has 2 unspecified atom stereocenters. The van der Waals surface area contributed by atoms with Gasteiger partial charge in [0.1, 0.15) is 11.5 Å². The van der Waals surface area contributed by atoms with Gasteiger partial charge in [-0.05, 0) is 24.5 Å². The second-order valence-corrected chi connectivity index (χ2v) is 4.91. The van der Waals surface area contributed by atoms with Crippen molar-refractivity contribution in [1.82, 2.24) is 5.32 Å². The molecule has 0 aromatic carbocycles. The summed E-state index contributed by atoms with van der Waals surface area (Å²) >= 11 is 0. The Bertz CT molecular complexity index is 351. The van der Waals surface area contributed by atoms with Gasteiger partial charge in [-0.1, -0.05) is 6.92 Å². The van der Waals surface area contributed by atoms with Gasteiger partial charge in [-0.2, -0.15) is 0 Å². The van der Waals surface area contributed by atoms with Gasteiger partial charge in [-0.25, -0.2) is 0 Å². The van der Waals surface area contributed by atoms with Crippen LogP contribution in [0.2, 0.25) is 0 Å². The fraction of sp³-hybridized carbons (Fsp3) is 0.714. The number of hydrogen-bond donors (Lipinski definition) is 1. The summed E-state index contributed by atoms with van der Waals surface area (Å²) in [5.74, 6) is 3.62. The average Bonchev–Trinajstić information content (AvgIpc) is 2.91. The van der Waals surface area contributed by atoms with E-state index in [-0.39, 0.29) is 0 Å². The van der Waals surface area contributed by atoms with Crippen LogP contribution < -0.4 is 5.32 Å². The van der Waals surface area contributed by atoms with Crippen molar-refractivity contribution in [3.8, 4) is 0 Å². The molecule has 0 bridgehead atoms. The number of hydrogen-bond acceptors (Lipinski definition) is 4. The standard InChI is InChI=1S/C14H23NO3/c1-11-9-13(11)14-4-3-12(18-14)10-15-5-6-17-8-7-16-2/h3-4,11,13,15H,5-10H2,1-2H3. The van der Waals surface area contributed by atoms with E-state index in [1.807, 2.05) is 0 Å². The average molecular weight is 253 g/mol. The lowest BCUT2D eigenvalue weighted by molar-refractivity contribution is 0.0717. The molecule has 1 aromatic rings. The van der Waals surface area contributed by atoms with Crippen LogP contribution in [0.3, 0.4) is 0 Å². The Labute approximate surface area is 109 Å². The highest BCUT2D eigenvalue weighted by Gasteiger charge is 2.36. The Hall–Kier alpha value is -0.840. The third-order valence-corrected chi connectivity index (χ3v) is 3.31. The van der Waals surface area contributed by atoms with E-state index in [0.717, 1.165) is 30.5 Å². The van der Waals surface area contributed by atoms with Crippen molar-refractivity contribution in [2.75, 3.05) is 33.5 Å². The summed E-state index contributed by atoms with van der Waals surface area (Å²) in [7, 11) is 1.68. The molecule has 2 rings (SSSR count). The van der Waals surface area contributed by atoms with Crippen molar-refractivity contribution in [1.29, 1.82) is 0 Å². The summed E-state index contributed by atoms with van der Waals surface area (Å²) in [6.07, 6.45) is 1.27. The molecule has 0 saturated heterocycles. The van der Waals surface area contributed by atoms with Crippen molar-refractivity contribution in [2.24, 2.45) is 5.92 Å². The summed E-state index contributed by atoms with van der Waals surface area (Å²) in [5.41, 5.74) is 0. The van der Waals surface area contributed by atoms with E-state index < -0.39 is 0 Å². The first-order valence-corrected chi connectivity index (χ1v) is 6.67. The van der Waals surface area contributed by atoms with Crippen molar-refractivity contribution in [2.45, 2.75) is 25.8 Å². The van der Waals surface area contributed by atoms with Gasteiger partial charge in [-0.3, -0.25) is 0 Å². The van der Waals surface area contributed by atoms with E-state index in [2.05, 4.69) is 24.4 Å². The van der Waals surface area contributed by atoms with E-state index in [1.165, 1.54) is 6.42 Å². The Balaban J connectivity index is 1.55. The van der Waals surface area contributed by atoms with Crippen molar-refractivity contribution < 1.29 is 13.9 Å². The third kappa shape index (κ3) is 4.12. The second-order valence-electron chi connectivity index (χ2n) is 4.91. The Kier molecular flexibility index (Phi) is 5.23. The Morgan fingerprint density at radius 3 is 2.89 bits per heavy atom. The molecule has 1 saturated carbocycles. The summed E-state index contributed by atoms with van der Waals surface area (Å²) in [4.78, 5) is 0. The lowest BCUT2D eigenvalue weighted by Crippen LogP contribution is -2.19. The van der Waals surface area contributed by atoms with Gasteiger partial charge in [-0.15, -0.1) is 0 Å². The van der Waals surface area contributed by atoms with Crippen molar-refractivity contribution in [3.05, 3.63) is 23.7 Å². The lowest BCUT2D eigenvalue weighted by atomic mass is 10.3. The third-order valence-electron chi connectivity index (χ3n) is 3.31. The highest BCUT2D eigenvalue weighted by molar-refractivity contribution is 5.17. The smallest absolute Gasteiger partial charge is 0.117 e. The first-order chi connectivity index (χ1) is 8.81. The molecular weight excluding hydrogens is 230 g/mol. The van der Waals surface area contributed by atoms with Crippen LogP contribution in [0.5, 0.6) is 0 Å². The molecule has 0 aliphatic heterocycles. The topological polar surface area (TPSA) is 43.6 Å². The zero-order valence-corrected chi connectivity index (χ0v) is 11.3. The summed E-state index contributed by atoms with van der Waals surface area (Å²) in [6.45, 7) is 5.89. The molecule has 18 heavy (non-hydrogen) atoms. The normalized spacial score (nSPS) is 22.3.